The fourth-order valence-electron chi connectivity index (χ4n) is 1.48. The van der Waals surface area contributed by atoms with Gasteiger partial charge in [0, 0.05) is 0 Å². The maximum Gasteiger partial charge on any atom is 0.310 e. The number of hydrogen-bond donors (Lipinski definition) is 1. The zero-order valence-corrected chi connectivity index (χ0v) is 9.71. The van der Waals surface area contributed by atoms with E-state index in [1.54, 1.807) is 6.92 Å². The molecule has 0 aliphatic carbocycles. The van der Waals surface area contributed by atoms with E-state index in [0.29, 0.717) is 11.7 Å². The Balaban J connectivity index is 2.22. The van der Waals surface area contributed by atoms with Gasteiger partial charge in [-0.3, -0.25) is 4.79 Å². The highest BCUT2D eigenvalue weighted by Crippen LogP contribution is 2.24. The minimum atomic E-state index is -0.218. The van der Waals surface area contributed by atoms with Crippen molar-refractivity contribution in [1.29, 1.82) is 0 Å². The maximum atomic E-state index is 11.3. The van der Waals surface area contributed by atoms with Crippen LogP contribution in [0.25, 0.3) is 10.2 Å². The first-order chi connectivity index (χ1) is 7.69. The highest BCUT2D eigenvalue weighted by molar-refractivity contribution is 7.22. The lowest BCUT2D eigenvalue weighted by Gasteiger charge is -2.01. The number of carbonyl (C=O) groups excluding carboxylic acids is 1. The molecule has 0 aliphatic heterocycles. The van der Waals surface area contributed by atoms with Gasteiger partial charge in [-0.15, -0.1) is 0 Å². The van der Waals surface area contributed by atoms with Crippen molar-refractivity contribution in [2.75, 3.05) is 12.3 Å². The van der Waals surface area contributed by atoms with Crippen molar-refractivity contribution in [1.82, 2.24) is 4.98 Å². The van der Waals surface area contributed by atoms with Gasteiger partial charge in [0.25, 0.3) is 0 Å². The molecular weight excluding hydrogens is 224 g/mol. The molecule has 0 saturated carbocycles. The summed E-state index contributed by atoms with van der Waals surface area (Å²) in [5, 5.41) is 0.545. The van der Waals surface area contributed by atoms with Crippen molar-refractivity contribution >= 4 is 32.7 Å². The van der Waals surface area contributed by atoms with Crippen molar-refractivity contribution in [2.45, 2.75) is 13.3 Å². The monoisotopic (exact) mass is 236 g/mol. The second-order valence-electron chi connectivity index (χ2n) is 3.34. The van der Waals surface area contributed by atoms with Crippen molar-refractivity contribution in [3.8, 4) is 0 Å². The lowest BCUT2D eigenvalue weighted by molar-refractivity contribution is -0.142. The summed E-state index contributed by atoms with van der Waals surface area (Å²) in [5.74, 6) is -0.218. The molecule has 1 heterocycles. The van der Waals surface area contributed by atoms with Crippen LogP contribution in [0.3, 0.4) is 0 Å². The van der Waals surface area contributed by atoms with Gasteiger partial charge in [-0.25, -0.2) is 4.98 Å². The number of esters is 1. The van der Waals surface area contributed by atoms with E-state index in [1.165, 1.54) is 11.3 Å². The summed E-state index contributed by atoms with van der Waals surface area (Å²) in [6, 6.07) is 5.70. The standard InChI is InChI=1S/C11H12N2O2S/c1-2-15-10(14)6-7-3-4-9-8(5-7)13-11(12)16-9/h3-5H,2,6H2,1H3,(H2,12,13). The van der Waals surface area contributed by atoms with Gasteiger partial charge in [-0.2, -0.15) is 0 Å². The minimum Gasteiger partial charge on any atom is -0.466 e. The first-order valence-corrected chi connectivity index (χ1v) is 5.81. The Labute approximate surface area is 97.0 Å². The number of hydrogen-bond acceptors (Lipinski definition) is 5. The average Bonchev–Trinajstić information content (AvgIpc) is 2.57. The molecule has 0 fully saturated rings. The van der Waals surface area contributed by atoms with Gasteiger partial charge in [-0.05, 0) is 24.6 Å². The van der Waals surface area contributed by atoms with E-state index in [9.17, 15) is 4.79 Å². The molecule has 5 heteroatoms. The second kappa shape index (κ2) is 4.49. The molecule has 0 atom stereocenters. The molecule has 0 radical (unpaired) electrons. The SMILES string of the molecule is CCOC(=O)Cc1ccc2sc(N)nc2c1. The van der Waals surface area contributed by atoms with E-state index in [1.807, 2.05) is 18.2 Å². The number of anilines is 1. The maximum absolute atomic E-state index is 11.3. The normalized spacial score (nSPS) is 10.6. The van der Waals surface area contributed by atoms with Crippen LogP contribution < -0.4 is 5.73 Å². The minimum absolute atomic E-state index is 0.218. The van der Waals surface area contributed by atoms with E-state index in [-0.39, 0.29) is 12.4 Å². The summed E-state index contributed by atoms with van der Waals surface area (Å²) in [6.07, 6.45) is 0.279. The van der Waals surface area contributed by atoms with Crippen molar-refractivity contribution in [3.63, 3.8) is 0 Å². The van der Waals surface area contributed by atoms with Crippen molar-refractivity contribution < 1.29 is 9.53 Å². The number of nitrogens with two attached hydrogens (primary N) is 1. The van der Waals surface area contributed by atoms with Crippen LogP contribution in [0.15, 0.2) is 18.2 Å². The number of fused-ring (bicyclic) bond motifs is 1. The van der Waals surface area contributed by atoms with Crippen molar-refractivity contribution in [2.24, 2.45) is 0 Å². The molecule has 0 spiro atoms. The van der Waals surface area contributed by atoms with Crippen LogP contribution in [0, 0.1) is 0 Å². The van der Waals surface area contributed by atoms with Crippen LogP contribution in [0.2, 0.25) is 0 Å². The Morgan fingerprint density at radius 1 is 1.56 bits per heavy atom. The number of rotatable bonds is 3. The average molecular weight is 236 g/mol. The van der Waals surface area contributed by atoms with Crippen molar-refractivity contribution in [3.05, 3.63) is 23.8 Å². The van der Waals surface area contributed by atoms with Gasteiger partial charge >= 0.3 is 5.97 Å². The number of thiazole rings is 1. The Morgan fingerprint density at radius 2 is 2.38 bits per heavy atom. The molecule has 1 aromatic heterocycles. The van der Waals surface area contributed by atoms with Crippen LogP contribution in [0.4, 0.5) is 5.13 Å². The third-order valence-corrected chi connectivity index (χ3v) is 2.99. The molecule has 84 valence electrons. The van der Waals surface area contributed by atoms with Crippen LogP contribution in [-0.4, -0.2) is 17.6 Å². The lowest BCUT2D eigenvalue weighted by atomic mass is 10.1. The third kappa shape index (κ3) is 2.30. The fourth-order valence-corrected chi connectivity index (χ4v) is 2.19. The van der Waals surface area contributed by atoms with E-state index < -0.39 is 0 Å². The molecule has 2 rings (SSSR count). The van der Waals surface area contributed by atoms with Crippen LogP contribution in [-0.2, 0) is 16.0 Å². The molecule has 0 amide bonds. The number of carbonyl (C=O) groups is 1. The lowest BCUT2D eigenvalue weighted by Crippen LogP contribution is -2.07. The molecule has 0 bridgehead atoms. The van der Waals surface area contributed by atoms with Gasteiger partial charge in [0.05, 0.1) is 23.2 Å². The molecule has 16 heavy (non-hydrogen) atoms. The van der Waals surface area contributed by atoms with Gasteiger partial charge in [0.15, 0.2) is 5.13 Å². The van der Waals surface area contributed by atoms with Gasteiger partial charge in [0.2, 0.25) is 0 Å². The Hall–Kier alpha value is -1.62. The quantitative estimate of drug-likeness (QED) is 0.828. The van der Waals surface area contributed by atoms with E-state index in [4.69, 9.17) is 10.5 Å². The molecule has 0 aliphatic rings. The number of ether oxygens (including phenoxy) is 1. The molecule has 2 aromatic rings. The van der Waals surface area contributed by atoms with Crippen LogP contribution >= 0.6 is 11.3 Å². The predicted octanol–water partition coefficient (Wildman–Crippen LogP) is 1.98. The highest BCUT2D eigenvalue weighted by Gasteiger charge is 2.06. The molecule has 2 N–H and O–H groups in total. The summed E-state index contributed by atoms with van der Waals surface area (Å²) in [7, 11) is 0. The fraction of sp³-hybridized carbons (Fsp3) is 0.273. The van der Waals surface area contributed by atoms with Gasteiger partial charge < -0.3 is 10.5 Å². The second-order valence-corrected chi connectivity index (χ2v) is 4.40. The number of nitrogens with zero attached hydrogens (tertiary/aromatic N) is 1. The number of aromatic nitrogens is 1. The molecule has 0 unspecified atom stereocenters. The van der Waals surface area contributed by atoms with E-state index >= 15 is 0 Å². The summed E-state index contributed by atoms with van der Waals surface area (Å²) in [5.41, 5.74) is 7.34. The summed E-state index contributed by atoms with van der Waals surface area (Å²) in [6.45, 7) is 2.20. The largest absolute Gasteiger partial charge is 0.466 e. The summed E-state index contributed by atoms with van der Waals surface area (Å²) < 4.78 is 5.91. The smallest absolute Gasteiger partial charge is 0.310 e. The number of nitrogen functional groups attached to an aromatic ring is 1. The zero-order valence-electron chi connectivity index (χ0n) is 8.90. The van der Waals surface area contributed by atoms with Crippen LogP contribution in [0.1, 0.15) is 12.5 Å². The summed E-state index contributed by atoms with van der Waals surface area (Å²) >= 11 is 1.44. The van der Waals surface area contributed by atoms with Gasteiger partial charge in [0.1, 0.15) is 0 Å². The third-order valence-electron chi connectivity index (χ3n) is 2.12. The van der Waals surface area contributed by atoms with E-state index in [2.05, 4.69) is 4.98 Å². The molecule has 4 nitrogen and oxygen atoms in total. The molecular formula is C11H12N2O2S. The first kappa shape index (κ1) is 10.9. The molecule has 0 saturated heterocycles. The number of benzene rings is 1. The summed E-state index contributed by atoms with van der Waals surface area (Å²) in [4.78, 5) is 15.5. The predicted molar refractivity (Wildman–Crippen MR) is 64.4 cm³/mol. The first-order valence-electron chi connectivity index (χ1n) is 4.99. The highest BCUT2D eigenvalue weighted by atomic mass is 32.1. The Bertz CT molecular complexity index is 522. The van der Waals surface area contributed by atoms with Crippen LogP contribution in [0.5, 0.6) is 0 Å². The van der Waals surface area contributed by atoms with Gasteiger partial charge in [-0.1, -0.05) is 17.4 Å². The molecule has 1 aromatic carbocycles. The Kier molecular flexibility index (Phi) is 3.05. The topological polar surface area (TPSA) is 65.2 Å². The van der Waals surface area contributed by atoms with E-state index in [0.717, 1.165) is 15.8 Å². The zero-order chi connectivity index (χ0) is 11.5. The Morgan fingerprint density at radius 3 is 3.12 bits per heavy atom.